The summed E-state index contributed by atoms with van der Waals surface area (Å²) >= 11 is 6.01. The number of likely N-dealkylation sites (tertiary alicyclic amines) is 1. The van der Waals surface area contributed by atoms with E-state index in [0.717, 1.165) is 6.07 Å². The first-order chi connectivity index (χ1) is 14.2. The zero-order valence-corrected chi connectivity index (χ0v) is 17.0. The molecule has 0 aromatic heterocycles. The fourth-order valence-corrected chi connectivity index (χ4v) is 3.96. The predicted octanol–water partition coefficient (Wildman–Crippen LogP) is 4.58. The van der Waals surface area contributed by atoms with E-state index in [1.807, 2.05) is 0 Å². The molecule has 0 unspecified atom stereocenters. The summed E-state index contributed by atoms with van der Waals surface area (Å²) < 4.78 is 45.4. The molecule has 0 aliphatic carbocycles. The Bertz CT molecular complexity index is 880. The second-order valence-electron chi connectivity index (χ2n) is 7.59. The van der Waals surface area contributed by atoms with Gasteiger partial charge in [0.15, 0.2) is 6.61 Å². The fraction of sp³-hybridized carbons (Fsp3) is 0.409. The maximum Gasteiger partial charge on any atom is 0.416 e. The van der Waals surface area contributed by atoms with Crippen LogP contribution in [-0.2, 0) is 17.4 Å². The molecule has 0 atom stereocenters. The number of carbonyl (C=O) groups excluding carboxylic acids is 1. The maximum absolute atomic E-state index is 13.3. The number of aliphatic hydroxyl groups is 1. The Morgan fingerprint density at radius 2 is 1.73 bits per heavy atom. The third kappa shape index (κ3) is 5.26. The minimum absolute atomic E-state index is 0.108. The number of carbonyl (C=O) groups is 1. The Morgan fingerprint density at radius 1 is 1.10 bits per heavy atom. The van der Waals surface area contributed by atoms with Gasteiger partial charge in [-0.3, -0.25) is 4.79 Å². The molecule has 8 heteroatoms. The highest BCUT2D eigenvalue weighted by atomic mass is 35.5. The molecule has 3 rings (SSSR count). The molecule has 162 valence electrons. The average Bonchev–Trinajstić information content (AvgIpc) is 2.73. The van der Waals surface area contributed by atoms with Gasteiger partial charge in [-0.2, -0.15) is 13.2 Å². The van der Waals surface area contributed by atoms with Crippen LogP contribution in [0.5, 0.6) is 5.75 Å². The van der Waals surface area contributed by atoms with Crippen molar-refractivity contribution in [2.45, 2.75) is 25.4 Å². The van der Waals surface area contributed by atoms with Gasteiger partial charge >= 0.3 is 6.18 Å². The number of hydrogen-bond donors (Lipinski definition) is 1. The van der Waals surface area contributed by atoms with Crippen molar-refractivity contribution in [2.75, 3.05) is 26.3 Å². The van der Waals surface area contributed by atoms with E-state index in [2.05, 4.69) is 0 Å². The van der Waals surface area contributed by atoms with Crippen molar-refractivity contribution in [3.05, 3.63) is 64.7 Å². The minimum Gasteiger partial charge on any atom is -0.482 e. The minimum atomic E-state index is -4.44. The first kappa shape index (κ1) is 22.4. The van der Waals surface area contributed by atoms with E-state index in [4.69, 9.17) is 16.3 Å². The lowest BCUT2D eigenvalue weighted by Crippen LogP contribution is -2.47. The molecule has 30 heavy (non-hydrogen) atoms. The number of aliphatic hydroxyl groups excluding tert-OH is 1. The predicted molar refractivity (Wildman–Crippen MR) is 107 cm³/mol. The van der Waals surface area contributed by atoms with Gasteiger partial charge in [0.05, 0.1) is 10.6 Å². The Balaban J connectivity index is 1.61. The smallest absolute Gasteiger partial charge is 0.416 e. The molecule has 2 aromatic carbocycles. The van der Waals surface area contributed by atoms with Gasteiger partial charge < -0.3 is 14.7 Å². The Morgan fingerprint density at radius 3 is 2.37 bits per heavy atom. The molecule has 1 aliphatic rings. The van der Waals surface area contributed by atoms with E-state index in [1.165, 1.54) is 12.1 Å². The summed E-state index contributed by atoms with van der Waals surface area (Å²) in [6.45, 7) is 0.281. The third-order valence-electron chi connectivity index (χ3n) is 5.59. The van der Waals surface area contributed by atoms with Crippen LogP contribution in [0.2, 0.25) is 5.02 Å². The van der Waals surface area contributed by atoms with Crippen LogP contribution in [0, 0.1) is 5.41 Å². The van der Waals surface area contributed by atoms with Gasteiger partial charge in [0.25, 0.3) is 5.91 Å². The number of amides is 1. The van der Waals surface area contributed by atoms with Crippen LogP contribution in [-0.4, -0.2) is 42.2 Å². The quantitative estimate of drug-likeness (QED) is 0.713. The standard InChI is InChI=1S/C22H23ClF3NO3/c23-18-7-3-4-8-19(18)30-14-20(29)27-11-9-21(15-28,10-12-27)13-16-5-1-2-6-17(16)22(24,25)26/h1-8,28H,9-15H2. The summed E-state index contributed by atoms with van der Waals surface area (Å²) in [6, 6.07) is 12.3. The van der Waals surface area contributed by atoms with Gasteiger partial charge in [0.1, 0.15) is 5.75 Å². The van der Waals surface area contributed by atoms with Crippen molar-refractivity contribution in [1.82, 2.24) is 4.90 Å². The summed E-state index contributed by atoms with van der Waals surface area (Å²) in [4.78, 5) is 14.1. The van der Waals surface area contributed by atoms with Crippen molar-refractivity contribution < 1.29 is 27.8 Å². The fourth-order valence-electron chi connectivity index (χ4n) is 3.77. The van der Waals surface area contributed by atoms with Crippen molar-refractivity contribution in [2.24, 2.45) is 5.41 Å². The Kier molecular flexibility index (Phi) is 6.93. The lowest BCUT2D eigenvalue weighted by atomic mass is 9.73. The molecule has 1 aliphatic heterocycles. The molecule has 0 spiro atoms. The molecule has 1 saturated heterocycles. The molecule has 0 radical (unpaired) electrons. The van der Waals surface area contributed by atoms with Crippen LogP contribution in [0.3, 0.4) is 0 Å². The van der Waals surface area contributed by atoms with Crippen molar-refractivity contribution in [1.29, 1.82) is 0 Å². The van der Waals surface area contributed by atoms with Crippen LogP contribution in [0.1, 0.15) is 24.0 Å². The molecule has 1 heterocycles. The lowest BCUT2D eigenvalue weighted by Gasteiger charge is -2.41. The number of para-hydroxylation sites is 1. The maximum atomic E-state index is 13.3. The number of halogens is 4. The first-order valence-corrected chi connectivity index (χ1v) is 10.0. The number of benzene rings is 2. The molecule has 1 fully saturated rings. The monoisotopic (exact) mass is 441 g/mol. The number of hydrogen-bond acceptors (Lipinski definition) is 3. The summed E-state index contributed by atoms with van der Waals surface area (Å²) in [5.74, 6) is 0.190. The molecule has 2 aromatic rings. The largest absolute Gasteiger partial charge is 0.482 e. The van der Waals surface area contributed by atoms with Gasteiger partial charge in [-0.1, -0.05) is 41.9 Å². The van der Waals surface area contributed by atoms with Crippen molar-refractivity contribution in [3.63, 3.8) is 0 Å². The second-order valence-corrected chi connectivity index (χ2v) is 8.00. The lowest BCUT2D eigenvalue weighted by molar-refractivity contribution is -0.138. The summed E-state index contributed by atoms with van der Waals surface area (Å²) in [5.41, 5.74) is -1.20. The number of alkyl halides is 3. The number of piperidine rings is 1. The summed E-state index contributed by atoms with van der Waals surface area (Å²) in [5, 5.41) is 10.4. The average molecular weight is 442 g/mol. The van der Waals surface area contributed by atoms with Crippen LogP contribution >= 0.6 is 11.6 Å². The summed E-state index contributed by atoms with van der Waals surface area (Å²) in [6.07, 6.45) is -3.52. The molecular formula is C22H23ClF3NO3. The Hall–Kier alpha value is -2.25. The van der Waals surface area contributed by atoms with Crippen molar-refractivity contribution >= 4 is 17.5 Å². The zero-order chi connectivity index (χ0) is 21.8. The van der Waals surface area contributed by atoms with E-state index >= 15 is 0 Å². The highest BCUT2D eigenvalue weighted by Crippen LogP contribution is 2.39. The van der Waals surface area contributed by atoms with Gasteiger partial charge in [0, 0.05) is 25.1 Å². The molecule has 0 saturated carbocycles. The number of rotatable bonds is 6. The van der Waals surface area contributed by atoms with Crippen LogP contribution in [0.25, 0.3) is 0 Å². The van der Waals surface area contributed by atoms with Gasteiger partial charge in [-0.05, 0) is 43.0 Å². The highest BCUT2D eigenvalue weighted by Gasteiger charge is 2.39. The Labute approximate surface area is 178 Å². The third-order valence-corrected chi connectivity index (χ3v) is 5.90. The molecular weight excluding hydrogens is 419 g/mol. The zero-order valence-electron chi connectivity index (χ0n) is 16.3. The van der Waals surface area contributed by atoms with E-state index in [0.29, 0.717) is 36.7 Å². The van der Waals surface area contributed by atoms with E-state index < -0.39 is 17.2 Å². The SMILES string of the molecule is O=C(COc1ccccc1Cl)N1CCC(CO)(Cc2ccccc2C(F)(F)F)CC1. The highest BCUT2D eigenvalue weighted by molar-refractivity contribution is 6.32. The normalized spacial score (nSPS) is 16.4. The molecule has 4 nitrogen and oxygen atoms in total. The van der Waals surface area contributed by atoms with E-state index in [-0.39, 0.29) is 31.1 Å². The number of ether oxygens (including phenoxy) is 1. The molecule has 1 N–H and O–H groups in total. The second kappa shape index (κ2) is 9.27. The van der Waals surface area contributed by atoms with Crippen molar-refractivity contribution in [3.8, 4) is 5.75 Å². The van der Waals surface area contributed by atoms with Gasteiger partial charge in [0.2, 0.25) is 0 Å². The first-order valence-electron chi connectivity index (χ1n) is 9.65. The van der Waals surface area contributed by atoms with Crippen LogP contribution in [0.15, 0.2) is 48.5 Å². The van der Waals surface area contributed by atoms with E-state index in [9.17, 15) is 23.1 Å². The summed E-state index contributed by atoms with van der Waals surface area (Å²) in [7, 11) is 0. The topological polar surface area (TPSA) is 49.8 Å². The molecule has 0 bridgehead atoms. The number of nitrogens with zero attached hydrogens (tertiary/aromatic N) is 1. The van der Waals surface area contributed by atoms with Crippen LogP contribution < -0.4 is 4.74 Å². The van der Waals surface area contributed by atoms with Crippen LogP contribution in [0.4, 0.5) is 13.2 Å². The van der Waals surface area contributed by atoms with Gasteiger partial charge in [-0.15, -0.1) is 0 Å². The van der Waals surface area contributed by atoms with E-state index in [1.54, 1.807) is 35.2 Å². The van der Waals surface area contributed by atoms with Gasteiger partial charge in [-0.25, -0.2) is 0 Å². The molecule has 1 amide bonds.